The van der Waals surface area contributed by atoms with Crippen LogP contribution in [0.4, 0.5) is 5.69 Å². The van der Waals surface area contributed by atoms with E-state index in [1.807, 2.05) is 0 Å². The van der Waals surface area contributed by atoms with Crippen LogP contribution in [0.1, 0.15) is 12.5 Å². The Balaban J connectivity index is 2.75. The highest BCUT2D eigenvalue weighted by atomic mass is 15.1. The molecule has 0 spiro atoms. The largest absolute Gasteiger partial charge is 0.377 e. The number of aryl methyl sites for hydroxylation is 2. The lowest BCUT2D eigenvalue weighted by Gasteiger charge is -2.17. The molecule has 0 saturated heterocycles. The van der Waals surface area contributed by atoms with Crippen molar-refractivity contribution in [1.82, 2.24) is 4.57 Å². The summed E-state index contributed by atoms with van der Waals surface area (Å²) in [6, 6.07) is 6.58. The maximum Gasteiger partial charge on any atom is 0.0530 e. The third-order valence-corrected chi connectivity index (χ3v) is 2.98. The molecule has 0 saturated carbocycles. The second-order valence-electron chi connectivity index (χ2n) is 4.14. The number of rotatable bonds is 2. The Bertz CT molecular complexity index is 480. The molecule has 0 aliphatic rings. The lowest BCUT2D eigenvalue weighted by Crippen LogP contribution is -2.10. The molecule has 0 aliphatic carbocycles. The summed E-state index contributed by atoms with van der Waals surface area (Å²) in [5.74, 6) is 0. The number of nitrogens with zero attached hydrogens (tertiary/aromatic N) is 2. The van der Waals surface area contributed by atoms with Crippen molar-refractivity contribution in [2.45, 2.75) is 20.4 Å². The first-order valence-electron chi connectivity index (χ1n) is 5.41. The highest BCUT2D eigenvalue weighted by Crippen LogP contribution is 2.27. The number of hydrogen-bond donors (Lipinski definition) is 0. The van der Waals surface area contributed by atoms with Crippen molar-refractivity contribution in [3.05, 3.63) is 30.0 Å². The van der Waals surface area contributed by atoms with Gasteiger partial charge in [0.2, 0.25) is 0 Å². The van der Waals surface area contributed by atoms with Gasteiger partial charge in [-0.25, -0.2) is 0 Å². The second kappa shape index (κ2) is 3.61. The van der Waals surface area contributed by atoms with E-state index < -0.39 is 0 Å². The summed E-state index contributed by atoms with van der Waals surface area (Å²) < 4.78 is 2.30. The van der Waals surface area contributed by atoms with Gasteiger partial charge in [-0.3, -0.25) is 0 Å². The van der Waals surface area contributed by atoms with Gasteiger partial charge in [-0.1, -0.05) is 6.07 Å². The van der Waals surface area contributed by atoms with Gasteiger partial charge in [0, 0.05) is 32.5 Å². The Hall–Kier alpha value is -1.44. The lowest BCUT2D eigenvalue weighted by atomic mass is 10.1. The average Bonchev–Trinajstić information content (AvgIpc) is 2.61. The summed E-state index contributed by atoms with van der Waals surface area (Å²) in [6.07, 6.45) is 2.16. The monoisotopic (exact) mass is 202 g/mol. The molecule has 2 nitrogen and oxygen atoms in total. The Labute approximate surface area is 91.1 Å². The van der Waals surface area contributed by atoms with Crippen molar-refractivity contribution in [2.75, 3.05) is 19.0 Å². The first kappa shape index (κ1) is 10.1. The van der Waals surface area contributed by atoms with Crippen molar-refractivity contribution in [3.8, 4) is 0 Å². The van der Waals surface area contributed by atoms with E-state index in [9.17, 15) is 0 Å². The van der Waals surface area contributed by atoms with Crippen LogP contribution in [0.3, 0.4) is 0 Å². The molecule has 2 rings (SSSR count). The summed E-state index contributed by atoms with van der Waals surface area (Å²) in [5, 5.41) is 1.33. The molecule has 2 heteroatoms. The van der Waals surface area contributed by atoms with Crippen LogP contribution < -0.4 is 4.90 Å². The Morgan fingerprint density at radius 2 is 1.93 bits per heavy atom. The lowest BCUT2D eigenvalue weighted by molar-refractivity contribution is 0.795. The minimum Gasteiger partial charge on any atom is -0.377 e. The normalized spacial score (nSPS) is 10.9. The molecule has 0 amide bonds. The molecule has 15 heavy (non-hydrogen) atoms. The predicted molar refractivity (Wildman–Crippen MR) is 66.7 cm³/mol. The molecular formula is C13H18N2. The number of anilines is 1. The van der Waals surface area contributed by atoms with Crippen molar-refractivity contribution >= 4 is 16.6 Å². The Morgan fingerprint density at radius 3 is 2.53 bits per heavy atom. The van der Waals surface area contributed by atoms with E-state index in [4.69, 9.17) is 0 Å². The fourth-order valence-corrected chi connectivity index (χ4v) is 2.22. The zero-order valence-corrected chi connectivity index (χ0v) is 9.91. The zero-order chi connectivity index (χ0) is 11.0. The number of benzene rings is 1. The molecule has 1 aromatic heterocycles. The van der Waals surface area contributed by atoms with E-state index in [0.717, 1.165) is 6.54 Å². The van der Waals surface area contributed by atoms with E-state index in [0.29, 0.717) is 0 Å². The molecule has 0 aliphatic heterocycles. The van der Waals surface area contributed by atoms with Crippen LogP contribution in [0, 0.1) is 6.92 Å². The van der Waals surface area contributed by atoms with Crippen molar-refractivity contribution < 1.29 is 0 Å². The van der Waals surface area contributed by atoms with Gasteiger partial charge in [-0.15, -0.1) is 0 Å². The van der Waals surface area contributed by atoms with E-state index in [1.165, 1.54) is 22.2 Å². The van der Waals surface area contributed by atoms with Gasteiger partial charge in [0.05, 0.1) is 5.52 Å². The second-order valence-corrected chi connectivity index (χ2v) is 4.14. The molecule has 1 aromatic carbocycles. The molecule has 0 bridgehead atoms. The van der Waals surface area contributed by atoms with Gasteiger partial charge in [0.1, 0.15) is 0 Å². The van der Waals surface area contributed by atoms with Gasteiger partial charge >= 0.3 is 0 Å². The third kappa shape index (κ3) is 1.50. The van der Waals surface area contributed by atoms with Crippen molar-refractivity contribution in [3.63, 3.8) is 0 Å². The minimum atomic E-state index is 1.03. The number of fused-ring (bicyclic) bond motifs is 1. The summed E-state index contributed by atoms with van der Waals surface area (Å²) in [7, 11) is 4.18. The average molecular weight is 202 g/mol. The molecule has 80 valence electrons. The van der Waals surface area contributed by atoms with Gasteiger partial charge < -0.3 is 9.47 Å². The van der Waals surface area contributed by atoms with Crippen molar-refractivity contribution in [2.24, 2.45) is 0 Å². The van der Waals surface area contributed by atoms with E-state index in [-0.39, 0.29) is 0 Å². The molecule has 2 aromatic rings. The smallest absolute Gasteiger partial charge is 0.0530 e. The van der Waals surface area contributed by atoms with Crippen LogP contribution in [0.25, 0.3) is 10.9 Å². The third-order valence-electron chi connectivity index (χ3n) is 2.98. The van der Waals surface area contributed by atoms with Gasteiger partial charge in [-0.2, -0.15) is 0 Å². The minimum absolute atomic E-state index is 1.03. The van der Waals surface area contributed by atoms with Gasteiger partial charge in [0.15, 0.2) is 0 Å². The van der Waals surface area contributed by atoms with E-state index in [1.54, 1.807) is 0 Å². The molecule has 0 radical (unpaired) electrons. The maximum absolute atomic E-state index is 2.30. The highest BCUT2D eigenvalue weighted by molar-refractivity contribution is 5.88. The van der Waals surface area contributed by atoms with Crippen LogP contribution in [-0.4, -0.2) is 18.7 Å². The SMILES string of the molecule is CCn1ccc2ccc(N(C)C)c(C)c21. The summed E-state index contributed by atoms with van der Waals surface area (Å²) in [6.45, 7) is 5.41. The quantitative estimate of drug-likeness (QED) is 0.726. The summed E-state index contributed by atoms with van der Waals surface area (Å²) in [5.41, 5.74) is 4.03. The highest BCUT2D eigenvalue weighted by Gasteiger charge is 2.08. The number of hydrogen-bond acceptors (Lipinski definition) is 1. The van der Waals surface area contributed by atoms with Gasteiger partial charge in [-0.05, 0) is 36.9 Å². The summed E-state index contributed by atoms with van der Waals surface area (Å²) in [4.78, 5) is 2.17. The molecule has 0 unspecified atom stereocenters. The molecular weight excluding hydrogens is 184 g/mol. The number of aromatic nitrogens is 1. The van der Waals surface area contributed by atoms with Crippen LogP contribution >= 0.6 is 0 Å². The van der Waals surface area contributed by atoms with Crippen molar-refractivity contribution in [1.29, 1.82) is 0 Å². The van der Waals surface area contributed by atoms with E-state index in [2.05, 4.69) is 61.8 Å². The predicted octanol–water partition coefficient (Wildman–Crippen LogP) is 3.04. The van der Waals surface area contributed by atoms with Crippen LogP contribution in [0.15, 0.2) is 24.4 Å². The first-order chi connectivity index (χ1) is 7.15. The Kier molecular flexibility index (Phi) is 2.43. The van der Waals surface area contributed by atoms with Gasteiger partial charge in [0.25, 0.3) is 0 Å². The molecule has 0 atom stereocenters. The Morgan fingerprint density at radius 1 is 1.20 bits per heavy atom. The van der Waals surface area contributed by atoms with Crippen LogP contribution in [0.2, 0.25) is 0 Å². The van der Waals surface area contributed by atoms with E-state index >= 15 is 0 Å². The standard InChI is InChI=1S/C13H18N2/c1-5-15-9-8-11-6-7-12(14(3)4)10(2)13(11)15/h6-9H,5H2,1-4H3. The molecule has 0 fully saturated rings. The fourth-order valence-electron chi connectivity index (χ4n) is 2.22. The maximum atomic E-state index is 2.30. The summed E-state index contributed by atoms with van der Waals surface area (Å²) >= 11 is 0. The molecule has 1 heterocycles. The zero-order valence-electron chi connectivity index (χ0n) is 9.91. The first-order valence-corrected chi connectivity index (χ1v) is 5.41. The van der Waals surface area contributed by atoms with Crippen LogP contribution in [0.5, 0.6) is 0 Å². The van der Waals surface area contributed by atoms with Crippen LogP contribution in [-0.2, 0) is 6.54 Å². The topological polar surface area (TPSA) is 8.17 Å². The fraction of sp³-hybridized carbons (Fsp3) is 0.385. The molecule has 0 N–H and O–H groups in total.